The van der Waals surface area contributed by atoms with Crippen molar-refractivity contribution in [1.29, 1.82) is 0 Å². The number of nitrogen functional groups attached to an aromatic ring is 1. The van der Waals surface area contributed by atoms with E-state index >= 15 is 0 Å². The van der Waals surface area contributed by atoms with Crippen LogP contribution < -0.4 is 15.8 Å². The lowest BCUT2D eigenvalue weighted by molar-refractivity contribution is 0.0936. The van der Waals surface area contributed by atoms with Crippen molar-refractivity contribution in [2.24, 2.45) is 0 Å². The van der Waals surface area contributed by atoms with Crippen LogP contribution in [0, 0.1) is 6.92 Å². The smallest absolute Gasteiger partial charge is 0.255 e. The Bertz CT molecular complexity index is 640. The van der Waals surface area contributed by atoms with E-state index in [9.17, 15) is 4.79 Å². The van der Waals surface area contributed by atoms with Gasteiger partial charge >= 0.3 is 0 Å². The highest BCUT2D eigenvalue weighted by Crippen LogP contribution is 2.27. The molecule has 1 unspecified atom stereocenters. The molecule has 0 aliphatic carbocycles. The molecule has 3 N–H and O–H groups in total. The highest BCUT2D eigenvalue weighted by molar-refractivity contribution is 7.11. The molecular weight excluding hydrogens is 286 g/mol. The summed E-state index contributed by atoms with van der Waals surface area (Å²) in [4.78, 5) is 17.8. The van der Waals surface area contributed by atoms with Crippen LogP contribution in [0.4, 0.5) is 5.69 Å². The van der Waals surface area contributed by atoms with Gasteiger partial charge in [0.2, 0.25) is 0 Å². The summed E-state index contributed by atoms with van der Waals surface area (Å²) >= 11 is 1.57. The number of rotatable bonds is 5. The van der Waals surface area contributed by atoms with Crippen molar-refractivity contribution in [3.8, 4) is 5.75 Å². The first kappa shape index (κ1) is 15.3. The van der Waals surface area contributed by atoms with Crippen LogP contribution in [0.2, 0.25) is 0 Å². The molecule has 0 aliphatic heterocycles. The molecule has 0 aliphatic rings. The van der Waals surface area contributed by atoms with Crippen LogP contribution in [0.15, 0.2) is 24.4 Å². The molecule has 0 saturated heterocycles. The summed E-state index contributed by atoms with van der Waals surface area (Å²) in [5.74, 6) is 0.214. The molecule has 2 rings (SSSR count). The molecule has 0 saturated carbocycles. The third-order valence-electron chi connectivity index (χ3n) is 2.94. The van der Waals surface area contributed by atoms with Crippen molar-refractivity contribution in [3.63, 3.8) is 0 Å². The zero-order valence-corrected chi connectivity index (χ0v) is 13.2. The fraction of sp³-hybridized carbons (Fsp3) is 0.333. The van der Waals surface area contributed by atoms with Gasteiger partial charge in [0.05, 0.1) is 23.9 Å². The molecule has 112 valence electrons. The van der Waals surface area contributed by atoms with Crippen molar-refractivity contribution in [2.75, 3.05) is 12.3 Å². The molecule has 2 aromatic rings. The summed E-state index contributed by atoms with van der Waals surface area (Å²) < 4.78 is 5.48. The first-order valence-electron chi connectivity index (χ1n) is 6.77. The second-order valence-corrected chi connectivity index (χ2v) is 5.93. The Morgan fingerprint density at radius 3 is 2.90 bits per heavy atom. The Morgan fingerprint density at radius 2 is 2.29 bits per heavy atom. The van der Waals surface area contributed by atoms with Gasteiger partial charge in [0.1, 0.15) is 5.01 Å². The van der Waals surface area contributed by atoms with E-state index in [4.69, 9.17) is 10.5 Å². The van der Waals surface area contributed by atoms with Gasteiger partial charge in [-0.1, -0.05) is 6.07 Å². The number of amides is 1. The fourth-order valence-corrected chi connectivity index (χ4v) is 2.72. The van der Waals surface area contributed by atoms with Crippen molar-refractivity contribution in [2.45, 2.75) is 26.8 Å². The third-order valence-corrected chi connectivity index (χ3v) is 4.03. The minimum atomic E-state index is -0.217. The van der Waals surface area contributed by atoms with Crippen molar-refractivity contribution in [3.05, 3.63) is 39.8 Å². The van der Waals surface area contributed by atoms with Crippen molar-refractivity contribution >= 4 is 22.9 Å². The Morgan fingerprint density at radius 1 is 1.52 bits per heavy atom. The number of nitrogens with one attached hydrogen (secondary N) is 1. The SMILES string of the molecule is CCOc1c(N)cccc1C(=O)NC(C)c1ncc(C)s1. The molecule has 1 amide bonds. The number of ether oxygens (including phenoxy) is 1. The van der Waals surface area contributed by atoms with Crippen molar-refractivity contribution < 1.29 is 9.53 Å². The number of carbonyl (C=O) groups excluding carboxylic acids is 1. The van der Waals surface area contributed by atoms with Gasteiger partial charge in [0.15, 0.2) is 5.75 Å². The van der Waals surface area contributed by atoms with Crippen LogP contribution in [0.25, 0.3) is 0 Å². The number of nitrogens with two attached hydrogens (primary N) is 1. The van der Waals surface area contributed by atoms with E-state index in [-0.39, 0.29) is 11.9 Å². The lowest BCUT2D eigenvalue weighted by Gasteiger charge is -2.15. The molecule has 6 heteroatoms. The summed E-state index contributed by atoms with van der Waals surface area (Å²) in [6.45, 7) is 6.20. The maximum Gasteiger partial charge on any atom is 0.255 e. The number of nitrogens with zero attached hydrogens (tertiary/aromatic N) is 1. The largest absolute Gasteiger partial charge is 0.491 e. The van der Waals surface area contributed by atoms with E-state index in [1.54, 1.807) is 35.7 Å². The number of para-hydroxylation sites is 1. The van der Waals surface area contributed by atoms with Crippen LogP contribution in [0.3, 0.4) is 0 Å². The van der Waals surface area contributed by atoms with Gasteiger partial charge in [-0.2, -0.15) is 0 Å². The molecule has 5 nitrogen and oxygen atoms in total. The zero-order chi connectivity index (χ0) is 15.4. The van der Waals surface area contributed by atoms with E-state index < -0.39 is 0 Å². The fourth-order valence-electron chi connectivity index (χ4n) is 1.95. The van der Waals surface area contributed by atoms with E-state index in [1.165, 1.54) is 0 Å². The topological polar surface area (TPSA) is 77.2 Å². The number of thiazole rings is 1. The molecule has 1 atom stereocenters. The van der Waals surface area contributed by atoms with E-state index in [1.807, 2.05) is 20.8 Å². The lowest BCUT2D eigenvalue weighted by Crippen LogP contribution is -2.27. The van der Waals surface area contributed by atoms with E-state index in [2.05, 4.69) is 10.3 Å². The van der Waals surface area contributed by atoms with Crippen LogP contribution in [-0.4, -0.2) is 17.5 Å². The molecule has 0 fully saturated rings. The lowest BCUT2D eigenvalue weighted by atomic mass is 10.1. The van der Waals surface area contributed by atoms with Gasteiger partial charge in [-0.05, 0) is 32.9 Å². The second kappa shape index (κ2) is 6.58. The van der Waals surface area contributed by atoms with Gasteiger partial charge in [0, 0.05) is 11.1 Å². The Kier molecular flexibility index (Phi) is 4.80. The van der Waals surface area contributed by atoms with Crippen LogP contribution in [0.1, 0.15) is 40.1 Å². The molecule has 0 spiro atoms. The van der Waals surface area contributed by atoms with Gasteiger partial charge in [-0.15, -0.1) is 11.3 Å². The highest BCUT2D eigenvalue weighted by Gasteiger charge is 2.18. The standard InChI is InChI=1S/C15H19N3O2S/c1-4-20-13-11(6-5-7-12(13)16)14(19)18-10(3)15-17-8-9(2)21-15/h5-8,10H,4,16H2,1-3H3,(H,18,19). The second-order valence-electron chi connectivity index (χ2n) is 4.66. The molecule has 0 radical (unpaired) electrons. The summed E-state index contributed by atoms with van der Waals surface area (Å²) in [5, 5.41) is 3.80. The molecular formula is C15H19N3O2S. The van der Waals surface area contributed by atoms with Gasteiger partial charge in [-0.3, -0.25) is 4.79 Å². The van der Waals surface area contributed by atoms with Crippen molar-refractivity contribution in [1.82, 2.24) is 10.3 Å². The number of aromatic nitrogens is 1. The number of aryl methyl sites for hydroxylation is 1. The predicted molar refractivity (Wildman–Crippen MR) is 84.8 cm³/mol. The van der Waals surface area contributed by atoms with E-state index in [0.717, 1.165) is 9.88 Å². The third kappa shape index (κ3) is 3.52. The van der Waals surface area contributed by atoms with Crippen LogP contribution >= 0.6 is 11.3 Å². The molecule has 1 aromatic heterocycles. The minimum absolute atomic E-state index is 0.160. The molecule has 0 bridgehead atoms. The maximum absolute atomic E-state index is 12.4. The molecule has 1 aromatic carbocycles. The molecule has 21 heavy (non-hydrogen) atoms. The van der Waals surface area contributed by atoms with Crippen LogP contribution in [-0.2, 0) is 0 Å². The number of hydrogen-bond donors (Lipinski definition) is 2. The summed E-state index contributed by atoms with van der Waals surface area (Å²) in [6, 6.07) is 5.00. The Labute approximate surface area is 128 Å². The summed E-state index contributed by atoms with van der Waals surface area (Å²) in [5.41, 5.74) is 6.78. The normalized spacial score (nSPS) is 12.0. The van der Waals surface area contributed by atoms with Gasteiger partial charge in [-0.25, -0.2) is 4.98 Å². The highest BCUT2D eigenvalue weighted by atomic mass is 32.1. The zero-order valence-electron chi connectivity index (χ0n) is 12.3. The maximum atomic E-state index is 12.4. The molecule has 1 heterocycles. The number of benzene rings is 1. The average Bonchev–Trinajstić information content (AvgIpc) is 2.88. The van der Waals surface area contributed by atoms with Gasteiger partial charge < -0.3 is 15.8 Å². The first-order valence-corrected chi connectivity index (χ1v) is 7.59. The number of hydrogen-bond acceptors (Lipinski definition) is 5. The summed E-state index contributed by atoms with van der Waals surface area (Å²) in [7, 11) is 0. The monoisotopic (exact) mass is 305 g/mol. The minimum Gasteiger partial charge on any atom is -0.491 e. The first-order chi connectivity index (χ1) is 10.0. The van der Waals surface area contributed by atoms with E-state index in [0.29, 0.717) is 23.6 Å². The average molecular weight is 305 g/mol. The number of anilines is 1. The van der Waals surface area contributed by atoms with Gasteiger partial charge in [0.25, 0.3) is 5.91 Å². The Hall–Kier alpha value is -2.08. The summed E-state index contributed by atoms with van der Waals surface area (Å²) in [6.07, 6.45) is 1.80. The quantitative estimate of drug-likeness (QED) is 0.833. The predicted octanol–water partition coefficient (Wildman–Crippen LogP) is 2.92. The van der Waals surface area contributed by atoms with Crippen LogP contribution in [0.5, 0.6) is 5.75 Å². The Balaban J connectivity index is 2.18. The number of carbonyl (C=O) groups is 1.